The third-order valence-corrected chi connectivity index (χ3v) is 3.36. The van der Waals surface area contributed by atoms with E-state index in [4.69, 9.17) is 0 Å². The van der Waals surface area contributed by atoms with Crippen LogP contribution in [0.5, 0.6) is 0 Å². The summed E-state index contributed by atoms with van der Waals surface area (Å²) in [5.74, 6) is -1.33. The van der Waals surface area contributed by atoms with E-state index in [1.807, 2.05) is 18.2 Å². The number of benzene rings is 2. The van der Waals surface area contributed by atoms with Gasteiger partial charge in [0.2, 0.25) is 0 Å². The van der Waals surface area contributed by atoms with E-state index in [9.17, 15) is 15.0 Å². The van der Waals surface area contributed by atoms with Gasteiger partial charge in [-0.15, -0.1) is 0 Å². The van der Waals surface area contributed by atoms with Crippen LogP contribution in [0.25, 0.3) is 11.6 Å². The van der Waals surface area contributed by atoms with Crippen LogP contribution in [0.4, 0.5) is 5.69 Å². The van der Waals surface area contributed by atoms with Gasteiger partial charge in [-0.1, -0.05) is 48.5 Å². The average molecular weight is 267 g/mol. The molecule has 2 aromatic rings. The summed E-state index contributed by atoms with van der Waals surface area (Å²) in [4.78, 5) is 11.5. The number of para-hydroxylation sites is 1. The highest BCUT2D eigenvalue weighted by Crippen LogP contribution is 2.37. The molecule has 2 aromatic carbocycles. The second-order valence-electron chi connectivity index (χ2n) is 4.65. The highest BCUT2D eigenvalue weighted by molar-refractivity contribution is 6.06. The summed E-state index contributed by atoms with van der Waals surface area (Å²) >= 11 is 0. The molecule has 20 heavy (non-hydrogen) atoms. The van der Waals surface area contributed by atoms with E-state index in [1.165, 1.54) is 0 Å². The van der Waals surface area contributed by atoms with Crippen molar-refractivity contribution in [2.24, 2.45) is 0 Å². The summed E-state index contributed by atoms with van der Waals surface area (Å²) in [7, 11) is 0. The SMILES string of the molecule is O=C(O)C1(O)Nc2ccccc2C=C1c1ccccc1. The lowest BCUT2D eigenvalue weighted by molar-refractivity contribution is -0.150. The highest BCUT2D eigenvalue weighted by Gasteiger charge is 2.43. The summed E-state index contributed by atoms with van der Waals surface area (Å²) in [5, 5.41) is 22.6. The normalized spacial score (nSPS) is 20.6. The molecule has 0 radical (unpaired) electrons. The van der Waals surface area contributed by atoms with Crippen molar-refractivity contribution in [3.8, 4) is 0 Å². The number of hydrogen-bond donors (Lipinski definition) is 3. The van der Waals surface area contributed by atoms with Gasteiger partial charge in [0.15, 0.2) is 0 Å². The van der Waals surface area contributed by atoms with Crippen LogP contribution in [-0.4, -0.2) is 21.9 Å². The zero-order valence-corrected chi connectivity index (χ0v) is 10.6. The largest absolute Gasteiger partial charge is 0.477 e. The summed E-state index contributed by atoms with van der Waals surface area (Å²) < 4.78 is 0. The van der Waals surface area contributed by atoms with Crippen molar-refractivity contribution in [1.82, 2.24) is 0 Å². The molecule has 0 saturated heterocycles. The maximum atomic E-state index is 11.5. The Balaban J connectivity index is 2.22. The van der Waals surface area contributed by atoms with Gasteiger partial charge in [0.1, 0.15) is 0 Å². The lowest BCUT2D eigenvalue weighted by atomic mass is 9.89. The van der Waals surface area contributed by atoms with Gasteiger partial charge < -0.3 is 15.5 Å². The second-order valence-corrected chi connectivity index (χ2v) is 4.65. The van der Waals surface area contributed by atoms with Gasteiger partial charge in [0, 0.05) is 11.3 Å². The monoisotopic (exact) mass is 267 g/mol. The molecule has 3 rings (SSSR count). The number of anilines is 1. The Kier molecular flexibility index (Phi) is 2.80. The molecule has 0 spiro atoms. The molecule has 3 N–H and O–H groups in total. The molecule has 1 aliphatic rings. The van der Waals surface area contributed by atoms with E-state index in [-0.39, 0.29) is 0 Å². The molecule has 1 aliphatic heterocycles. The second kappa shape index (κ2) is 4.51. The Labute approximate surface area is 116 Å². The first-order valence-electron chi connectivity index (χ1n) is 6.22. The summed E-state index contributed by atoms with van der Waals surface area (Å²) in [6, 6.07) is 16.3. The fourth-order valence-electron chi connectivity index (χ4n) is 2.34. The maximum absolute atomic E-state index is 11.5. The molecule has 4 heteroatoms. The first-order chi connectivity index (χ1) is 9.61. The molecule has 1 atom stereocenters. The van der Waals surface area contributed by atoms with E-state index < -0.39 is 11.7 Å². The van der Waals surface area contributed by atoms with Crippen LogP contribution in [0.2, 0.25) is 0 Å². The molecule has 0 saturated carbocycles. The Morgan fingerprint density at radius 1 is 1.00 bits per heavy atom. The zero-order valence-electron chi connectivity index (χ0n) is 10.6. The Hall–Kier alpha value is -2.59. The lowest BCUT2D eigenvalue weighted by Crippen LogP contribution is -2.48. The summed E-state index contributed by atoms with van der Waals surface area (Å²) in [5.41, 5.74) is 0.300. The first kappa shape index (κ1) is 12.4. The molecular formula is C16H13NO3. The molecule has 1 heterocycles. The summed E-state index contributed by atoms with van der Waals surface area (Å²) in [6.45, 7) is 0. The highest BCUT2D eigenvalue weighted by atomic mass is 16.4. The molecule has 0 aliphatic carbocycles. The predicted molar refractivity (Wildman–Crippen MR) is 77.0 cm³/mol. The van der Waals surface area contributed by atoms with E-state index in [2.05, 4.69) is 5.32 Å². The van der Waals surface area contributed by atoms with Gasteiger partial charge >= 0.3 is 5.97 Å². The average Bonchev–Trinajstić information content (AvgIpc) is 2.47. The van der Waals surface area contributed by atoms with Crippen LogP contribution in [-0.2, 0) is 4.79 Å². The minimum absolute atomic E-state index is 0.323. The van der Waals surface area contributed by atoms with E-state index in [1.54, 1.807) is 42.5 Å². The number of nitrogens with one attached hydrogen (secondary N) is 1. The van der Waals surface area contributed by atoms with E-state index in [0.717, 1.165) is 5.56 Å². The lowest BCUT2D eigenvalue weighted by Gasteiger charge is -2.33. The minimum Gasteiger partial charge on any atom is -0.477 e. The number of aliphatic carboxylic acids is 1. The van der Waals surface area contributed by atoms with Crippen LogP contribution in [0.1, 0.15) is 11.1 Å². The molecule has 100 valence electrons. The van der Waals surface area contributed by atoms with Gasteiger partial charge in [0.05, 0.1) is 0 Å². The van der Waals surface area contributed by atoms with Crippen molar-refractivity contribution in [2.75, 3.05) is 5.32 Å². The molecule has 4 nitrogen and oxygen atoms in total. The molecule has 0 bridgehead atoms. The number of carboxylic acid groups (broad SMARTS) is 1. The van der Waals surface area contributed by atoms with Gasteiger partial charge in [-0.2, -0.15) is 0 Å². The predicted octanol–water partition coefficient (Wildman–Crippen LogP) is 2.43. The van der Waals surface area contributed by atoms with Crippen molar-refractivity contribution < 1.29 is 15.0 Å². The zero-order chi connectivity index (χ0) is 14.2. The van der Waals surface area contributed by atoms with Gasteiger partial charge in [-0.05, 0) is 23.3 Å². The standard InChI is InChI=1S/C16H13NO3/c18-15(19)16(20)13(11-6-2-1-3-7-11)10-12-8-4-5-9-14(12)17-16/h1-10,17,20H,(H,18,19). The van der Waals surface area contributed by atoms with Crippen molar-refractivity contribution in [1.29, 1.82) is 0 Å². The fourth-order valence-corrected chi connectivity index (χ4v) is 2.34. The molecule has 0 amide bonds. The Morgan fingerprint density at radius 2 is 1.65 bits per heavy atom. The van der Waals surface area contributed by atoms with E-state index in [0.29, 0.717) is 16.8 Å². The van der Waals surface area contributed by atoms with Crippen LogP contribution in [0.3, 0.4) is 0 Å². The number of hydrogen-bond acceptors (Lipinski definition) is 3. The number of rotatable bonds is 2. The van der Waals surface area contributed by atoms with Crippen LogP contribution in [0.15, 0.2) is 54.6 Å². The summed E-state index contributed by atoms with van der Waals surface area (Å²) in [6.07, 6.45) is 1.70. The van der Waals surface area contributed by atoms with Gasteiger partial charge in [-0.25, -0.2) is 4.79 Å². The van der Waals surface area contributed by atoms with Crippen LogP contribution < -0.4 is 5.32 Å². The third kappa shape index (κ3) is 1.87. The smallest absolute Gasteiger partial charge is 0.362 e. The number of carbonyl (C=O) groups is 1. The van der Waals surface area contributed by atoms with Crippen molar-refractivity contribution in [3.05, 3.63) is 65.7 Å². The molecule has 1 unspecified atom stereocenters. The van der Waals surface area contributed by atoms with Crippen molar-refractivity contribution in [3.63, 3.8) is 0 Å². The van der Waals surface area contributed by atoms with E-state index >= 15 is 0 Å². The van der Waals surface area contributed by atoms with Gasteiger partial charge in [-0.3, -0.25) is 0 Å². The molecular weight excluding hydrogens is 254 g/mol. The molecule has 0 aromatic heterocycles. The molecule has 0 fully saturated rings. The third-order valence-electron chi connectivity index (χ3n) is 3.36. The minimum atomic E-state index is -2.13. The van der Waals surface area contributed by atoms with Crippen LogP contribution >= 0.6 is 0 Å². The Bertz CT molecular complexity index is 694. The number of fused-ring (bicyclic) bond motifs is 1. The number of aliphatic hydroxyl groups is 1. The van der Waals surface area contributed by atoms with Crippen molar-refractivity contribution >= 4 is 23.3 Å². The van der Waals surface area contributed by atoms with Crippen LogP contribution in [0, 0.1) is 0 Å². The fraction of sp³-hybridized carbons (Fsp3) is 0.0625. The number of carboxylic acids is 1. The Morgan fingerprint density at radius 3 is 2.35 bits per heavy atom. The quantitative estimate of drug-likeness (QED) is 0.781. The first-order valence-corrected chi connectivity index (χ1v) is 6.22. The maximum Gasteiger partial charge on any atom is 0.362 e. The van der Waals surface area contributed by atoms with Gasteiger partial charge in [0.25, 0.3) is 5.72 Å². The topological polar surface area (TPSA) is 69.6 Å². The van der Waals surface area contributed by atoms with Crippen molar-refractivity contribution in [2.45, 2.75) is 5.72 Å².